The molecule has 5 rings (SSSR count). The van der Waals surface area contributed by atoms with E-state index in [1.807, 2.05) is 12.5 Å². The fourth-order valence-corrected chi connectivity index (χ4v) is 5.63. The zero-order valence-corrected chi connectivity index (χ0v) is 12.0. The van der Waals surface area contributed by atoms with Gasteiger partial charge in [-0.05, 0) is 61.7 Å². The molecule has 0 amide bonds. The van der Waals surface area contributed by atoms with Crippen LogP contribution in [0.1, 0.15) is 50.3 Å². The summed E-state index contributed by atoms with van der Waals surface area (Å²) in [4.78, 5) is 4.32. The summed E-state index contributed by atoms with van der Waals surface area (Å²) >= 11 is 0. The second kappa shape index (κ2) is 4.57. The van der Waals surface area contributed by atoms with Gasteiger partial charge < -0.3 is 15.4 Å². The number of hydrogen-bond donors (Lipinski definition) is 2. The molecule has 4 aliphatic carbocycles. The molecular formula is C16H25N3O. The summed E-state index contributed by atoms with van der Waals surface area (Å²) in [6.45, 7) is 1.33. The molecule has 0 radical (unpaired) electrons. The molecule has 20 heavy (non-hydrogen) atoms. The summed E-state index contributed by atoms with van der Waals surface area (Å²) in [5.41, 5.74) is 6.74. The minimum Gasteiger partial charge on any atom is -0.385 e. The molecule has 4 nitrogen and oxygen atoms in total. The summed E-state index contributed by atoms with van der Waals surface area (Å²) in [5, 5.41) is 9.77. The second-order valence-electron chi connectivity index (χ2n) is 7.64. The molecule has 3 N–H and O–H groups in total. The molecule has 0 saturated heterocycles. The Bertz CT molecular complexity index is 460. The van der Waals surface area contributed by atoms with Crippen LogP contribution >= 0.6 is 0 Å². The van der Waals surface area contributed by atoms with Gasteiger partial charge in [0.25, 0.3) is 0 Å². The zero-order valence-electron chi connectivity index (χ0n) is 12.0. The van der Waals surface area contributed by atoms with Gasteiger partial charge in [0.1, 0.15) is 6.10 Å². The van der Waals surface area contributed by atoms with Crippen molar-refractivity contribution in [3.8, 4) is 0 Å². The average Bonchev–Trinajstić information content (AvgIpc) is 2.83. The maximum Gasteiger partial charge on any atom is 0.110 e. The molecule has 1 aromatic heterocycles. The Hall–Kier alpha value is -0.870. The highest BCUT2D eigenvalue weighted by molar-refractivity contribution is 5.05. The molecule has 4 bridgehead atoms. The van der Waals surface area contributed by atoms with Crippen molar-refractivity contribution in [2.24, 2.45) is 28.9 Å². The van der Waals surface area contributed by atoms with Gasteiger partial charge in [-0.1, -0.05) is 0 Å². The van der Waals surface area contributed by atoms with Gasteiger partial charge in [-0.25, -0.2) is 4.98 Å². The number of nitrogens with two attached hydrogens (primary N) is 1. The third-order valence-corrected chi connectivity index (χ3v) is 5.90. The van der Waals surface area contributed by atoms with Gasteiger partial charge in [-0.15, -0.1) is 0 Å². The first-order chi connectivity index (χ1) is 9.66. The first-order valence-corrected chi connectivity index (χ1v) is 8.05. The van der Waals surface area contributed by atoms with Crippen LogP contribution in [0.5, 0.6) is 0 Å². The lowest BCUT2D eigenvalue weighted by Crippen LogP contribution is -2.47. The summed E-state index contributed by atoms with van der Waals surface area (Å²) in [5.74, 6) is 2.96. The van der Waals surface area contributed by atoms with Crippen molar-refractivity contribution >= 4 is 0 Å². The number of rotatable bonds is 4. The van der Waals surface area contributed by atoms with Gasteiger partial charge in [-0.2, -0.15) is 0 Å². The Morgan fingerprint density at radius 2 is 1.85 bits per heavy atom. The topological polar surface area (TPSA) is 64.1 Å². The Balaban J connectivity index is 1.52. The SMILES string of the molecule is NCC(O)c1cn(CC23CC4CC(CC(C4)C2)C3)cn1. The van der Waals surface area contributed by atoms with E-state index in [1.54, 1.807) is 0 Å². The van der Waals surface area contributed by atoms with Crippen molar-refractivity contribution in [1.29, 1.82) is 0 Å². The van der Waals surface area contributed by atoms with Crippen molar-refractivity contribution in [2.45, 2.75) is 51.2 Å². The van der Waals surface area contributed by atoms with Crippen molar-refractivity contribution in [3.05, 3.63) is 18.2 Å². The fraction of sp³-hybridized carbons (Fsp3) is 0.812. The molecule has 0 aliphatic heterocycles. The lowest BCUT2D eigenvalue weighted by atomic mass is 9.49. The van der Waals surface area contributed by atoms with Gasteiger partial charge in [0.05, 0.1) is 12.0 Å². The summed E-state index contributed by atoms with van der Waals surface area (Å²) in [7, 11) is 0. The third kappa shape index (κ3) is 2.09. The molecule has 1 unspecified atom stereocenters. The third-order valence-electron chi connectivity index (χ3n) is 5.90. The summed E-state index contributed by atoms with van der Waals surface area (Å²) < 4.78 is 2.20. The second-order valence-corrected chi connectivity index (χ2v) is 7.64. The van der Waals surface area contributed by atoms with E-state index in [4.69, 9.17) is 5.73 Å². The fourth-order valence-electron chi connectivity index (χ4n) is 5.63. The average molecular weight is 275 g/mol. The first-order valence-electron chi connectivity index (χ1n) is 8.05. The van der Waals surface area contributed by atoms with Gasteiger partial charge in [0.2, 0.25) is 0 Å². The highest BCUT2D eigenvalue weighted by atomic mass is 16.3. The van der Waals surface area contributed by atoms with E-state index in [-0.39, 0.29) is 6.54 Å². The largest absolute Gasteiger partial charge is 0.385 e. The molecule has 1 heterocycles. The Morgan fingerprint density at radius 1 is 1.25 bits per heavy atom. The monoisotopic (exact) mass is 275 g/mol. The van der Waals surface area contributed by atoms with Crippen LogP contribution in [0.15, 0.2) is 12.5 Å². The minimum atomic E-state index is -0.618. The quantitative estimate of drug-likeness (QED) is 0.884. The van der Waals surface area contributed by atoms with Crippen LogP contribution in [-0.2, 0) is 6.54 Å². The highest BCUT2D eigenvalue weighted by Crippen LogP contribution is 2.60. The zero-order chi connectivity index (χ0) is 13.7. The van der Waals surface area contributed by atoms with Crippen LogP contribution in [0.25, 0.3) is 0 Å². The predicted octanol–water partition coefficient (Wildman–Crippen LogP) is 2.09. The van der Waals surface area contributed by atoms with Crippen LogP contribution in [0, 0.1) is 23.2 Å². The molecule has 4 aliphatic rings. The standard InChI is InChI=1S/C16H25N3O/c17-7-15(20)14-8-19(10-18-14)9-16-4-11-1-12(5-16)3-13(2-11)6-16/h8,10-13,15,20H,1-7,9,17H2. The van der Waals surface area contributed by atoms with Crippen molar-refractivity contribution in [1.82, 2.24) is 9.55 Å². The maximum absolute atomic E-state index is 9.77. The molecule has 0 spiro atoms. The van der Waals surface area contributed by atoms with Crippen molar-refractivity contribution in [3.63, 3.8) is 0 Å². The first kappa shape index (κ1) is 12.8. The molecule has 4 heteroatoms. The van der Waals surface area contributed by atoms with Crippen LogP contribution in [0.3, 0.4) is 0 Å². The van der Waals surface area contributed by atoms with Crippen LogP contribution in [0.2, 0.25) is 0 Å². The van der Waals surface area contributed by atoms with Gasteiger partial charge in [-0.3, -0.25) is 0 Å². The molecular weight excluding hydrogens is 250 g/mol. The molecule has 1 atom stereocenters. The van der Waals surface area contributed by atoms with E-state index < -0.39 is 6.10 Å². The van der Waals surface area contributed by atoms with E-state index >= 15 is 0 Å². The van der Waals surface area contributed by atoms with E-state index in [2.05, 4.69) is 9.55 Å². The summed E-state index contributed by atoms with van der Waals surface area (Å²) in [6.07, 6.45) is 11.9. The minimum absolute atomic E-state index is 0.244. The van der Waals surface area contributed by atoms with Gasteiger partial charge >= 0.3 is 0 Å². The number of aliphatic hydroxyl groups excluding tert-OH is 1. The number of hydrogen-bond acceptors (Lipinski definition) is 3. The smallest absolute Gasteiger partial charge is 0.110 e. The summed E-state index contributed by atoms with van der Waals surface area (Å²) in [6, 6.07) is 0. The molecule has 0 aromatic carbocycles. The number of nitrogens with zero attached hydrogens (tertiary/aromatic N) is 2. The molecule has 110 valence electrons. The Morgan fingerprint density at radius 3 is 2.40 bits per heavy atom. The Kier molecular flexibility index (Phi) is 2.93. The van der Waals surface area contributed by atoms with Gasteiger partial charge in [0.15, 0.2) is 0 Å². The van der Waals surface area contributed by atoms with E-state index in [9.17, 15) is 5.11 Å². The highest BCUT2D eigenvalue weighted by Gasteiger charge is 2.50. The molecule has 4 saturated carbocycles. The molecule has 1 aromatic rings. The van der Waals surface area contributed by atoms with Crippen LogP contribution in [-0.4, -0.2) is 21.2 Å². The van der Waals surface area contributed by atoms with Crippen LogP contribution in [0.4, 0.5) is 0 Å². The Labute approximate surface area is 120 Å². The predicted molar refractivity (Wildman–Crippen MR) is 76.8 cm³/mol. The van der Waals surface area contributed by atoms with E-state index in [0.717, 1.165) is 30.0 Å². The normalized spacial score (nSPS) is 40.2. The lowest BCUT2D eigenvalue weighted by Gasteiger charge is -2.57. The molecule has 4 fully saturated rings. The van der Waals surface area contributed by atoms with Gasteiger partial charge in [0, 0.05) is 19.3 Å². The van der Waals surface area contributed by atoms with E-state index in [1.165, 1.54) is 38.5 Å². The van der Waals surface area contributed by atoms with Crippen molar-refractivity contribution < 1.29 is 5.11 Å². The maximum atomic E-state index is 9.77. The van der Waals surface area contributed by atoms with Crippen molar-refractivity contribution in [2.75, 3.05) is 6.54 Å². The number of aromatic nitrogens is 2. The van der Waals surface area contributed by atoms with Crippen LogP contribution < -0.4 is 5.73 Å². The lowest BCUT2D eigenvalue weighted by molar-refractivity contribution is -0.0619. The number of imidazole rings is 1. The van der Waals surface area contributed by atoms with E-state index in [0.29, 0.717) is 5.41 Å². The number of aliphatic hydroxyl groups is 1.